The molecule has 1 heterocycles. The minimum atomic E-state index is -0.450. The van der Waals surface area contributed by atoms with E-state index in [0.29, 0.717) is 11.1 Å². The van der Waals surface area contributed by atoms with Crippen LogP contribution in [0, 0.1) is 0 Å². The third kappa shape index (κ3) is 2.16. The molecule has 1 aromatic carbocycles. The number of carbonyl (C=O) groups excluding carboxylic acids is 1. The lowest BCUT2D eigenvalue weighted by Gasteiger charge is -2.27. The molecule has 3 rings (SSSR count). The maximum Gasteiger partial charge on any atom is 0.251 e. The minimum Gasteiger partial charge on any atom is -0.394 e. The molecule has 2 N–H and O–H groups in total. The smallest absolute Gasteiger partial charge is 0.251 e. The molecule has 1 saturated carbocycles. The van der Waals surface area contributed by atoms with E-state index in [-0.39, 0.29) is 12.5 Å². The number of hydrogen-bond acceptors (Lipinski definition) is 4. The Morgan fingerprint density at radius 1 is 1.45 bits per heavy atom. The van der Waals surface area contributed by atoms with Crippen molar-refractivity contribution in [1.82, 2.24) is 20.3 Å². The predicted octanol–water partition coefficient (Wildman–Crippen LogP) is 1.00. The van der Waals surface area contributed by atoms with Crippen LogP contribution in [0.25, 0.3) is 11.0 Å². The first-order valence-corrected chi connectivity index (χ1v) is 6.86. The number of nitrogens with one attached hydrogen (secondary N) is 1. The van der Waals surface area contributed by atoms with Gasteiger partial charge in [0.1, 0.15) is 5.52 Å². The van der Waals surface area contributed by atoms with E-state index in [1.807, 2.05) is 13.1 Å². The number of fused-ring (bicyclic) bond motifs is 1. The Hall–Kier alpha value is -1.95. The summed E-state index contributed by atoms with van der Waals surface area (Å²) >= 11 is 0. The second-order valence-electron chi connectivity index (χ2n) is 5.52. The fourth-order valence-electron chi connectivity index (χ4n) is 2.87. The van der Waals surface area contributed by atoms with E-state index >= 15 is 0 Å². The highest BCUT2D eigenvalue weighted by atomic mass is 16.3. The molecular formula is C14H18N4O2. The van der Waals surface area contributed by atoms with Crippen LogP contribution in [-0.4, -0.2) is 38.2 Å². The van der Waals surface area contributed by atoms with Crippen molar-refractivity contribution in [2.75, 3.05) is 6.61 Å². The summed E-state index contributed by atoms with van der Waals surface area (Å²) in [6, 6.07) is 5.34. The normalized spacial score (nSPS) is 17.5. The fraction of sp³-hybridized carbons (Fsp3) is 0.500. The van der Waals surface area contributed by atoms with Gasteiger partial charge in [0, 0.05) is 12.6 Å². The number of hydrogen-bond donors (Lipinski definition) is 2. The van der Waals surface area contributed by atoms with Gasteiger partial charge in [0.2, 0.25) is 0 Å². The van der Waals surface area contributed by atoms with Gasteiger partial charge in [-0.2, -0.15) is 0 Å². The Morgan fingerprint density at radius 3 is 2.90 bits per heavy atom. The van der Waals surface area contributed by atoms with Gasteiger partial charge in [-0.05, 0) is 31.0 Å². The van der Waals surface area contributed by atoms with Crippen LogP contribution in [0.15, 0.2) is 18.2 Å². The summed E-state index contributed by atoms with van der Waals surface area (Å²) in [6.45, 7) is -0.00781. The molecule has 1 amide bonds. The number of aliphatic hydroxyl groups excluding tert-OH is 1. The van der Waals surface area contributed by atoms with Crippen molar-refractivity contribution in [2.45, 2.75) is 31.2 Å². The van der Waals surface area contributed by atoms with E-state index in [1.165, 1.54) is 0 Å². The van der Waals surface area contributed by atoms with Crippen LogP contribution in [0.5, 0.6) is 0 Å². The van der Waals surface area contributed by atoms with Crippen molar-refractivity contribution in [3.05, 3.63) is 23.8 Å². The SMILES string of the molecule is Cn1nnc2cc(C(=O)NC3(CO)CCCC3)ccc21. The first kappa shape index (κ1) is 13.1. The molecule has 2 aromatic rings. The first-order valence-electron chi connectivity index (χ1n) is 6.86. The summed E-state index contributed by atoms with van der Waals surface area (Å²) in [4.78, 5) is 12.3. The zero-order valence-corrected chi connectivity index (χ0v) is 11.5. The van der Waals surface area contributed by atoms with Crippen molar-refractivity contribution >= 4 is 16.9 Å². The van der Waals surface area contributed by atoms with Gasteiger partial charge in [0.25, 0.3) is 5.91 Å². The Bertz CT molecular complexity index is 644. The third-order valence-corrected chi connectivity index (χ3v) is 4.11. The van der Waals surface area contributed by atoms with E-state index < -0.39 is 5.54 Å². The van der Waals surface area contributed by atoms with E-state index in [0.717, 1.165) is 31.2 Å². The number of nitrogens with zero attached hydrogens (tertiary/aromatic N) is 3. The fourth-order valence-corrected chi connectivity index (χ4v) is 2.87. The molecule has 1 aliphatic rings. The molecular weight excluding hydrogens is 256 g/mol. The summed E-state index contributed by atoms with van der Waals surface area (Å²) in [7, 11) is 1.81. The Balaban J connectivity index is 1.85. The number of aryl methyl sites for hydroxylation is 1. The molecule has 0 atom stereocenters. The van der Waals surface area contributed by atoms with Crippen LogP contribution in [0.2, 0.25) is 0 Å². The second-order valence-corrected chi connectivity index (χ2v) is 5.52. The monoisotopic (exact) mass is 274 g/mol. The molecule has 0 unspecified atom stereocenters. The summed E-state index contributed by atoms with van der Waals surface area (Å²) < 4.78 is 1.67. The van der Waals surface area contributed by atoms with E-state index in [1.54, 1.807) is 16.8 Å². The molecule has 0 spiro atoms. The minimum absolute atomic E-state index is 0.00781. The molecule has 1 fully saturated rings. The zero-order valence-electron chi connectivity index (χ0n) is 11.5. The van der Waals surface area contributed by atoms with Gasteiger partial charge in [-0.1, -0.05) is 18.1 Å². The van der Waals surface area contributed by atoms with Gasteiger partial charge in [-0.25, -0.2) is 4.68 Å². The summed E-state index contributed by atoms with van der Waals surface area (Å²) in [5, 5.41) is 20.5. The number of aromatic nitrogens is 3. The van der Waals surface area contributed by atoms with Crippen LogP contribution in [0.4, 0.5) is 0 Å². The van der Waals surface area contributed by atoms with E-state index in [4.69, 9.17) is 0 Å². The predicted molar refractivity (Wildman–Crippen MR) is 74.3 cm³/mol. The van der Waals surface area contributed by atoms with Crippen molar-refractivity contribution in [2.24, 2.45) is 7.05 Å². The summed E-state index contributed by atoms with van der Waals surface area (Å²) in [5.41, 5.74) is 1.69. The molecule has 6 heteroatoms. The molecule has 106 valence electrons. The summed E-state index contributed by atoms with van der Waals surface area (Å²) in [5.74, 6) is -0.159. The van der Waals surface area contributed by atoms with Crippen molar-refractivity contribution in [3.63, 3.8) is 0 Å². The van der Waals surface area contributed by atoms with Crippen LogP contribution in [0.3, 0.4) is 0 Å². The van der Waals surface area contributed by atoms with Gasteiger partial charge < -0.3 is 10.4 Å². The Kier molecular flexibility index (Phi) is 3.17. The molecule has 0 saturated heterocycles. The number of carbonyl (C=O) groups is 1. The summed E-state index contributed by atoms with van der Waals surface area (Å²) in [6.07, 6.45) is 3.76. The number of amides is 1. The number of rotatable bonds is 3. The Morgan fingerprint density at radius 2 is 2.20 bits per heavy atom. The maximum absolute atomic E-state index is 12.3. The average molecular weight is 274 g/mol. The van der Waals surface area contributed by atoms with Gasteiger partial charge in [-0.15, -0.1) is 5.10 Å². The van der Waals surface area contributed by atoms with Gasteiger partial charge in [0.15, 0.2) is 0 Å². The number of aliphatic hydroxyl groups is 1. The quantitative estimate of drug-likeness (QED) is 0.875. The topological polar surface area (TPSA) is 80.0 Å². The van der Waals surface area contributed by atoms with E-state index in [9.17, 15) is 9.90 Å². The zero-order chi connectivity index (χ0) is 14.2. The second kappa shape index (κ2) is 4.86. The highest BCUT2D eigenvalue weighted by Gasteiger charge is 2.34. The van der Waals surface area contributed by atoms with Crippen LogP contribution < -0.4 is 5.32 Å². The van der Waals surface area contributed by atoms with Crippen molar-refractivity contribution < 1.29 is 9.90 Å². The van der Waals surface area contributed by atoms with Gasteiger partial charge in [-0.3, -0.25) is 4.79 Å². The Labute approximate surface area is 116 Å². The highest BCUT2D eigenvalue weighted by Crippen LogP contribution is 2.29. The molecule has 1 aromatic heterocycles. The molecule has 1 aliphatic carbocycles. The highest BCUT2D eigenvalue weighted by molar-refractivity contribution is 5.97. The maximum atomic E-state index is 12.3. The van der Waals surface area contributed by atoms with Crippen LogP contribution >= 0.6 is 0 Å². The van der Waals surface area contributed by atoms with E-state index in [2.05, 4.69) is 15.6 Å². The molecule has 6 nitrogen and oxygen atoms in total. The molecule has 0 radical (unpaired) electrons. The molecule has 0 bridgehead atoms. The van der Waals surface area contributed by atoms with Crippen LogP contribution in [-0.2, 0) is 7.05 Å². The van der Waals surface area contributed by atoms with Gasteiger partial charge in [0.05, 0.1) is 17.7 Å². The molecule has 20 heavy (non-hydrogen) atoms. The lowest BCUT2D eigenvalue weighted by molar-refractivity contribution is 0.0838. The van der Waals surface area contributed by atoms with Crippen molar-refractivity contribution in [3.8, 4) is 0 Å². The first-order chi connectivity index (χ1) is 9.63. The van der Waals surface area contributed by atoms with Gasteiger partial charge >= 0.3 is 0 Å². The lowest BCUT2D eigenvalue weighted by atomic mass is 9.98. The average Bonchev–Trinajstić information content (AvgIpc) is 3.07. The third-order valence-electron chi connectivity index (χ3n) is 4.11. The lowest BCUT2D eigenvalue weighted by Crippen LogP contribution is -2.49. The largest absolute Gasteiger partial charge is 0.394 e. The van der Waals surface area contributed by atoms with Crippen LogP contribution in [0.1, 0.15) is 36.0 Å². The number of benzene rings is 1. The standard InChI is InChI=1S/C14H18N4O2/c1-18-12-5-4-10(8-11(12)16-17-18)13(20)15-14(9-19)6-2-3-7-14/h4-5,8,19H,2-3,6-7,9H2,1H3,(H,15,20). The van der Waals surface area contributed by atoms with Crippen molar-refractivity contribution in [1.29, 1.82) is 0 Å². The molecule has 0 aliphatic heterocycles.